The summed E-state index contributed by atoms with van der Waals surface area (Å²) in [5.41, 5.74) is 8.14. The van der Waals surface area contributed by atoms with Crippen LogP contribution in [0.4, 0.5) is 11.4 Å². The molecule has 0 saturated carbocycles. The number of halogens is 1. The Morgan fingerprint density at radius 2 is 2.14 bits per heavy atom. The Morgan fingerprint density at radius 3 is 2.76 bits per heavy atom. The summed E-state index contributed by atoms with van der Waals surface area (Å²) >= 11 is 7.43. The first-order valence-electron chi connectivity index (χ1n) is 6.53. The van der Waals surface area contributed by atoms with E-state index in [0.717, 1.165) is 20.5 Å². The minimum Gasteiger partial charge on any atom is -0.399 e. The van der Waals surface area contributed by atoms with E-state index in [9.17, 15) is 4.79 Å². The summed E-state index contributed by atoms with van der Waals surface area (Å²) in [6, 6.07) is 9.29. The van der Waals surface area contributed by atoms with Crippen molar-refractivity contribution in [2.24, 2.45) is 0 Å². The summed E-state index contributed by atoms with van der Waals surface area (Å²) in [5.74, 6) is -0.0481. The molecule has 4 nitrogen and oxygen atoms in total. The second-order valence-electron chi connectivity index (χ2n) is 5.00. The van der Waals surface area contributed by atoms with E-state index in [1.807, 2.05) is 43.1 Å². The average Bonchev–Trinajstić information content (AvgIpc) is 2.78. The zero-order valence-electron chi connectivity index (χ0n) is 12.0. The van der Waals surface area contributed by atoms with Gasteiger partial charge in [0.25, 0.3) is 0 Å². The van der Waals surface area contributed by atoms with Crippen molar-refractivity contribution in [3.63, 3.8) is 0 Å². The van der Waals surface area contributed by atoms with Crippen molar-refractivity contribution in [3.8, 4) is 0 Å². The lowest BCUT2D eigenvalue weighted by molar-refractivity contribution is -0.117. The second kappa shape index (κ2) is 6.93. The lowest BCUT2D eigenvalue weighted by Gasteiger charge is -2.16. The van der Waals surface area contributed by atoms with Gasteiger partial charge in [0, 0.05) is 22.8 Å². The van der Waals surface area contributed by atoms with Crippen LogP contribution in [0.3, 0.4) is 0 Å². The van der Waals surface area contributed by atoms with Gasteiger partial charge in [0.2, 0.25) is 5.91 Å². The Bertz CT molecular complexity index is 642. The largest absolute Gasteiger partial charge is 0.399 e. The van der Waals surface area contributed by atoms with Crippen LogP contribution in [0, 0.1) is 6.92 Å². The molecule has 2 aromatic rings. The number of aryl methyl sites for hydroxylation is 1. The van der Waals surface area contributed by atoms with Gasteiger partial charge < -0.3 is 11.1 Å². The summed E-state index contributed by atoms with van der Waals surface area (Å²) in [6.45, 7) is 2.94. The molecule has 0 bridgehead atoms. The smallest absolute Gasteiger partial charge is 0.238 e. The predicted octanol–water partition coefficient (Wildman–Crippen LogP) is 3.36. The van der Waals surface area contributed by atoms with Crippen molar-refractivity contribution in [3.05, 3.63) is 45.1 Å². The van der Waals surface area contributed by atoms with E-state index in [2.05, 4.69) is 5.32 Å². The molecule has 2 rings (SSSR count). The van der Waals surface area contributed by atoms with E-state index in [0.29, 0.717) is 18.8 Å². The molecule has 3 N–H and O–H groups in total. The Morgan fingerprint density at radius 1 is 1.38 bits per heavy atom. The number of hydrogen-bond acceptors (Lipinski definition) is 4. The van der Waals surface area contributed by atoms with Crippen LogP contribution in [-0.2, 0) is 11.3 Å². The van der Waals surface area contributed by atoms with Crippen LogP contribution < -0.4 is 11.1 Å². The second-order valence-corrected chi connectivity index (χ2v) is 6.80. The molecule has 1 heterocycles. The van der Waals surface area contributed by atoms with Crippen molar-refractivity contribution in [2.75, 3.05) is 24.6 Å². The lowest BCUT2D eigenvalue weighted by Crippen LogP contribution is -2.29. The molecule has 1 aromatic heterocycles. The van der Waals surface area contributed by atoms with Gasteiger partial charge in [-0.3, -0.25) is 9.69 Å². The fourth-order valence-electron chi connectivity index (χ4n) is 2.02. The third-order valence-corrected chi connectivity index (χ3v) is 4.21. The molecule has 0 atom stereocenters. The van der Waals surface area contributed by atoms with Crippen molar-refractivity contribution in [1.29, 1.82) is 0 Å². The normalized spacial score (nSPS) is 10.9. The maximum atomic E-state index is 12.0. The lowest BCUT2D eigenvalue weighted by atomic mass is 10.2. The molecule has 112 valence electrons. The molecule has 0 fully saturated rings. The number of likely N-dealkylation sites (N-methyl/N-ethyl adjacent to an activating group) is 1. The molecule has 21 heavy (non-hydrogen) atoms. The van der Waals surface area contributed by atoms with Crippen LogP contribution in [0.2, 0.25) is 4.34 Å². The van der Waals surface area contributed by atoms with Crippen LogP contribution in [0.15, 0.2) is 30.3 Å². The number of rotatable bonds is 5. The van der Waals surface area contributed by atoms with Crippen molar-refractivity contribution in [1.82, 2.24) is 4.90 Å². The number of nitrogen functional groups attached to an aromatic ring is 1. The highest BCUT2D eigenvalue weighted by molar-refractivity contribution is 7.16. The molecule has 6 heteroatoms. The molecule has 0 saturated heterocycles. The van der Waals surface area contributed by atoms with Crippen LogP contribution >= 0.6 is 22.9 Å². The number of thiophene rings is 1. The molecule has 0 aliphatic heterocycles. The van der Waals surface area contributed by atoms with E-state index in [-0.39, 0.29) is 5.91 Å². The zero-order valence-corrected chi connectivity index (χ0v) is 13.6. The number of carbonyl (C=O) groups excluding carboxylic acids is 1. The number of benzene rings is 1. The van der Waals surface area contributed by atoms with Crippen molar-refractivity contribution in [2.45, 2.75) is 13.5 Å². The van der Waals surface area contributed by atoms with Crippen LogP contribution in [-0.4, -0.2) is 24.4 Å². The van der Waals surface area contributed by atoms with E-state index >= 15 is 0 Å². The van der Waals surface area contributed by atoms with E-state index in [4.69, 9.17) is 17.3 Å². The number of nitrogens with zero attached hydrogens (tertiary/aromatic N) is 1. The average molecular weight is 324 g/mol. The Hall–Kier alpha value is -1.56. The minimum absolute atomic E-state index is 0.0481. The molecule has 1 amide bonds. The molecular weight excluding hydrogens is 306 g/mol. The summed E-state index contributed by atoms with van der Waals surface area (Å²) in [4.78, 5) is 15.1. The van der Waals surface area contributed by atoms with E-state index < -0.39 is 0 Å². The maximum Gasteiger partial charge on any atom is 0.238 e. The van der Waals surface area contributed by atoms with Gasteiger partial charge in [-0.1, -0.05) is 11.6 Å². The van der Waals surface area contributed by atoms with Crippen molar-refractivity contribution < 1.29 is 4.79 Å². The number of amides is 1. The Balaban J connectivity index is 1.89. The first-order chi connectivity index (χ1) is 9.94. The van der Waals surface area contributed by atoms with Gasteiger partial charge in [-0.25, -0.2) is 0 Å². The highest BCUT2D eigenvalue weighted by Gasteiger charge is 2.10. The van der Waals surface area contributed by atoms with Crippen LogP contribution in [0.5, 0.6) is 0 Å². The van der Waals surface area contributed by atoms with Crippen LogP contribution in [0.25, 0.3) is 0 Å². The summed E-state index contributed by atoms with van der Waals surface area (Å²) in [6.07, 6.45) is 0. The molecule has 0 aliphatic rings. The van der Waals surface area contributed by atoms with Gasteiger partial charge in [-0.15, -0.1) is 11.3 Å². The number of nitrogens with one attached hydrogen (secondary N) is 1. The van der Waals surface area contributed by atoms with Gasteiger partial charge in [0.15, 0.2) is 0 Å². The topological polar surface area (TPSA) is 58.4 Å². The van der Waals surface area contributed by atoms with Gasteiger partial charge in [0.1, 0.15) is 0 Å². The molecular formula is C15H18ClN3OS. The minimum atomic E-state index is -0.0481. The van der Waals surface area contributed by atoms with E-state index in [1.54, 1.807) is 6.07 Å². The molecule has 0 spiro atoms. The van der Waals surface area contributed by atoms with Gasteiger partial charge in [0.05, 0.1) is 10.9 Å². The predicted molar refractivity (Wildman–Crippen MR) is 89.9 cm³/mol. The third-order valence-electron chi connectivity index (χ3n) is 2.99. The number of anilines is 2. The molecule has 0 radical (unpaired) electrons. The third kappa shape index (κ3) is 4.74. The van der Waals surface area contributed by atoms with E-state index in [1.165, 1.54) is 11.3 Å². The number of hydrogen-bond donors (Lipinski definition) is 2. The zero-order chi connectivity index (χ0) is 15.4. The van der Waals surface area contributed by atoms with Crippen molar-refractivity contribution >= 4 is 40.2 Å². The quantitative estimate of drug-likeness (QED) is 0.829. The van der Waals surface area contributed by atoms with Gasteiger partial charge >= 0.3 is 0 Å². The summed E-state index contributed by atoms with van der Waals surface area (Å²) in [5, 5.41) is 2.90. The van der Waals surface area contributed by atoms with Crippen LogP contribution in [0.1, 0.15) is 10.4 Å². The molecule has 0 aliphatic carbocycles. The fourth-order valence-corrected chi connectivity index (χ4v) is 3.19. The maximum absolute atomic E-state index is 12.0. The number of carbonyl (C=O) groups is 1. The SMILES string of the molecule is Cc1cc(N)ccc1NC(=O)CN(C)Cc1ccc(Cl)s1. The van der Waals surface area contributed by atoms with Gasteiger partial charge in [-0.2, -0.15) is 0 Å². The van der Waals surface area contributed by atoms with Gasteiger partial charge in [-0.05, 0) is 49.9 Å². The molecule has 0 unspecified atom stereocenters. The first-order valence-corrected chi connectivity index (χ1v) is 7.72. The summed E-state index contributed by atoms with van der Waals surface area (Å²) < 4.78 is 0.764. The molecule has 1 aromatic carbocycles. The number of nitrogens with two attached hydrogens (primary N) is 1. The monoisotopic (exact) mass is 323 g/mol. The highest BCUT2D eigenvalue weighted by atomic mass is 35.5. The highest BCUT2D eigenvalue weighted by Crippen LogP contribution is 2.22. The Labute approximate surface area is 133 Å². The first kappa shape index (κ1) is 15.8. The Kier molecular flexibility index (Phi) is 5.22. The summed E-state index contributed by atoms with van der Waals surface area (Å²) in [7, 11) is 1.91. The standard InChI is InChI=1S/C15H18ClN3OS/c1-10-7-11(17)3-5-13(10)18-15(20)9-19(2)8-12-4-6-14(16)21-12/h3-7H,8-9,17H2,1-2H3,(H,18,20). The fraction of sp³-hybridized carbons (Fsp3) is 0.267.